The van der Waals surface area contributed by atoms with Crippen molar-refractivity contribution in [1.82, 2.24) is 9.97 Å². The summed E-state index contributed by atoms with van der Waals surface area (Å²) in [5.41, 5.74) is 1.09. The summed E-state index contributed by atoms with van der Waals surface area (Å²) < 4.78 is 0. The number of rotatable bonds is 4. The highest BCUT2D eigenvalue weighted by molar-refractivity contribution is 9.09. The van der Waals surface area contributed by atoms with E-state index in [9.17, 15) is 0 Å². The molecule has 0 spiro atoms. The Bertz CT molecular complexity index is 271. The van der Waals surface area contributed by atoms with Gasteiger partial charge in [-0.05, 0) is 18.9 Å². The van der Waals surface area contributed by atoms with E-state index in [2.05, 4.69) is 37.7 Å². The number of halogens is 1. The first-order valence-corrected chi connectivity index (χ1v) is 5.65. The third kappa shape index (κ3) is 3.62. The molecule has 0 aliphatic heterocycles. The summed E-state index contributed by atoms with van der Waals surface area (Å²) in [6.07, 6.45) is 4.78. The van der Waals surface area contributed by atoms with Crippen LogP contribution >= 0.6 is 15.9 Å². The lowest BCUT2D eigenvalue weighted by molar-refractivity contribution is 0.766. The van der Waals surface area contributed by atoms with E-state index >= 15 is 0 Å². The predicted octanol–water partition coefficient (Wildman–Crippen LogP) is 2.39. The molecule has 78 valence electrons. The van der Waals surface area contributed by atoms with Gasteiger partial charge in [0.1, 0.15) is 0 Å². The van der Waals surface area contributed by atoms with Gasteiger partial charge in [-0.3, -0.25) is 0 Å². The number of nitrogens with zero attached hydrogens (tertiary/aromatic N) is 3. The average Bonchev–Trinajstić information content (AvgIpc) is 2.15. The predicted molar refractivity (Wildman–Crippen MR) is 63.0 cm³/mol. The molecule has 0 N–H and O–H groups in total. The topological polar surface area (TPSA) is 29.0 Å². The van der Waals surface area contributed by atoms with Gasteiger partial charge < -0.3 is 4.90 Å². The molecular formula is C10H16BrN3. The molecule has 1 aromatic heterocycles. The summed E-state index contributed by atoms with van der Waals surface area (Å²) in [5.74, 6) is 0.795. The Labute approximate surface area is 93.7 Å². The van der Waals surface area contributed by atoms with Gasteiger partial charge >= 0.3 is 0 Å². The van der Waals surface area contributed by atoms with Crippen LogP contribution in [0.25, 0.3) is 0 Å². The van der Waals surface area contributed by atoms with Crippen LogP contribution in [0.2, 0.25) is 0 Å². The van der Waals surface area contributed by atoms with Crippen LogP contribution in [0.5, 0.6) is 0 Å². The third-order valence-electron chi connectivity index (χ3n) is 1.97. The Morgan fingerprint density at radius 1 is 1.43 bits per heavy atom. The number of aromatic nitrogens is 2. The first-order valence-electron chi connectivity index (χ1n) is 4.73. The first kappa shape index (κ1) is 11.4. The quantitative estimate of drug-likeness (QED) is 0.776. The molecule has 14 heavy (non-hydrogen) atoms. The van der Waals surface area contributed by atoms with Crippen LogP contribution < -0.4 is 4.90 Å². The minimum Gasteiger partial charge on any atom is -0.344 e. The van der Waals surface area contributed by atoms with Crippen molar-refractivity contribution in [3.8, 4) is 0 Å². The molecule has 0 saturated carbocycles. The van der Waals surface area contributed by atoms with Gasteiger partial charge in [0.05, 0.1) is 0 Å². The standard InChI is InChI=1S/C10H16BrN3/c1-8-6-12-10(13-7-8)14(3)5-4-9(2)11/h6-7,9H,4-5H2,1-3H3. The van der Waals surface area contributed by atoms with Crippen molar-refractivity contribution in [2.45, 2.75) is 25.1 Å². The molecule has 0 aliphatic rings. The first-order chi connectivity index (χ1) is 6.59. The van der Waals surface area contributed by atoms with Gasteiger partial charge in [-0.2, -0.15) is 0 Å². The van der Waals surface area contributed by atoms with Crippen LogP contribution in [-0.4, -0.2) is 28.4 Å². The van der Waals surface area contributed by atoms with Crippen molar-refractivity contribution in [2.24, 2.45) is 0 Å². The number of aryl methyl sites for hydroxylation is 1. The molecule has 1 rings (SSSR count). The highest BCUT2D eigenvalue weighted by atomic mass is 79.9. The van der Waals surface area contributed by atoms with E-state index in [4.69, 9.17) is 0 Å². The molecule has 1 unspecified atom stereocenters. The van der Waals surface area contributed by atoms with Crippen LogP contribution in [0, 0.1) is 6.92 Å². The highest BCUT2D eigenvalue weighted by Crippen LogP contribution is 2.08. The van der Waals surface area contributed by atoms with Gasteiger partial charge in [-0.1, -0.05) is 22.9 Å². The molecule has 0 aliphatic carbocycles. The second-order valence-electron chi connectivity index (χ2n) is 3.55. The number of anilines is 1. The fourth-order valence-electron chi connectivity index (χ4n) is 1.05. The van der Waals surface area contributed by atoms with Gasteiger partial charge in [0.2, 0.25) is 5.95 Å². The summed E-state index contributed by atoms with van der Waals surface area (Å²) in [7, 11) is 2.01. The lowest BCUT2D eigenvalue weighted by atomic mass is 10.3. The van der Waals surface area contributed by atoms with Crippen molar-refractivity contribution < 1.29 is 0 Å². The SMILES string of the molecule is Cc1cnc(N(C)CCC(C)Br)nc1. The number of hydrogen-bond acceptors (Lipinski definition) is 3. The molecule has 0 saturated heterocycles. The van der Waals surface area contributed by atoms with E-state index in [1.165, 1.54) is 0 Å². The van der Waals surface area contributed by atoms with Crippen LogP contribution in [-0.2, 0) is 0 Å². The Hall–Kier alpha value is -0.640. The van der Waals surface area contributed by atoms with Crippen molar-refractivity contribution in [3.05, 3.63) is 18.0 Å². The maximum atomic E-state index is 4.26. The maximum absolute atomic E-state index is 4.26. The van der Waals surface area contributed by atoms with Crippen molar-refractivity contribution in [2.75, 3.05) is 18.5 Å². The summed E-state index contributed by atoms with van der Waals surface area (Å²) >= 11 is 3.52. The number of alkyl halides is 1. The van der Waals surface area contributed by atoms with Crippen LogP contribution in [0.1, 0.15) is 18.9 Å². The Morgan fingerprint density at radius 2 is 2.00 bits per heavy atom. The van der Waals surface area contributed by atoms with Crippen molar-refractivity contribution in [3.63, 3.8) is 0 Å². The molecular weight excluding hydrogens is 242 g/mol. The monoisotopic (exact) mass is 257 g/mol. The summed E-state index contributed by atoms with van der Waals surface area (Å²) in [5, 5.41) is 0. The largest absolute Gasteiger partial charge is 0.344 e. The van der Waals surface area contributed by atoms with E-state index < -0.39 is 0 Å². The molecule has 0 aromatic carbocycles. The molecule has 1 heterocycles. The normalized spacial score (nSPS) is 12.6. The minimum absolute atomic E-state index is 0.537. The Kier molecular flexibility index (Phi) is 4.32. The molecule has 1 atom stereocenters. The molecule has 0 radical (unpaired) electrons. The fourth-order valence-corrected chi connectivity index (χ4v) is 1.26. The van der Waals surface area contributed by atoms with Crippen molar-refractivity contribution >= 4 is 21.9 Å². The van der Waals surface area contributed by atoms with Gasteiger partial charge in [0, 0.05) is 30.8 Å². The zero-order chi connectivity index (χ0) is 10.6. The zero-order valence-corrected chi connectivity index (χ0v) is 10.5. The molecule has 4 heteroatoms. The van der Waals surface area contributed by atoms with E-state index in [0.717, 1.165) is 24.5 Å². The summed E-state index contributed by atoms with van der Waals surface area (Å²) in [4.78, 5) is 11.1. The van der Waals surface area contributed by atoms with E-state index in [0.29, 0.717) is 4.83 Å². The molecule has 0 fully saturated rings. The van der Waals surface area contributed by atoms with Crippen molar-refractivity contribution in [1.29, 1.82) is 0 Å². The van der Waals surface area contributed by atoms with E-state index in [1.54, 1.807) is 0 Å². The highest BCUT2D eigenvalue weighted by Gasteiger charge is 2.04. The van der Waals surface area contributed by atoms with E-state index in [-0.39, 0.29) is 0 Å². The molecule has 0 bridgehead atoms. The molecule has 1 aromatic rings. The van der Waals surface area contributed by atoms with Gasteiger partial charge in [0.15, 0.2) is 0 Å². The summed E-state index contributed by atoms with van der Waals surface area (Å²) in [6.45, 7) is 5.10. The smallest absolute Gasteiger partial charge is 0.224 e. The Morgan fingerprint density at radius 3 is 2.50 bits per heavy atom. The van der Waals surface area contributed by atoms with Gasteiger partial charge in [0.25, 0.3) is 0 Å². The second kappa shape index (κ2) is 5.29. The van der Waals surface area contributed by atoms with E-state index in [1.807, 2.05) is 26.4 Å². The average molecular weight is 258 g/mol. The summed E-state index contributed by atoms with van der Waals surface area (Å²) in [6, 6.07) is 0. The fraction of sp³-hybridized carbons (Fsp3) is 0.600. The Balaban J connectivity index is 2.52. The lowest BCUT2D eigenvalue weighted by Gasteiger charge is -2.17. The minimum atomic E-state index is 0.537. The van der Waals surface area contributed by atoms with Crippen LogP contribution in [0.15, 0.2) is 12.4 Å². The van der Waals surface area contributed by atoms with Gasteiger partial charge in [-0.25, -0.2) is 9.97 Å². The second-order valence-corrected chi connectivity index (χ2v) is 5.11. The maximum Gasteiger partial charge on any atom is 0.224 e. The van der Waals surface area contributed by atoms with Crippen LogP contribution in [0.4, 0.5) is 5.95 Å². The molecule has 0 amide bonds. The van der Waals surface area contributed by atoms with Crippen LogP contribution in [0.3, 0.4) is 0 Å². The third-order valence-corrected chi connectivity index (χ3v) is 2.43. The lowest BCUT2D eigenvalue weighted by Crippen LogP contribution is -2.22. The van der Waals surface area contributed by atoms with Gasteiger partial charge in [-0.15, -0.1) is 0 Å². The zero-order valence-electron chi connectivity index (χ0n) is 8.87. The molecule has 3 nitrogen and oxygen atoms in total. The number of hydrogen-bond donors (Lipinski definition) is 0.